The van der Waals surface area contributed by atoms with Gasteiger partial charge in [-0.3, -0.25) is 0 Å². The first-order valence-corrected chi connectivity index (χ1v) is 9.59. The zero-order chi connectivity index (χ0) is 19.2. The number of nitrogens with zero attached hydrogens (tertiary/aromatic N) is 2. The van der Waals surface area contributed by atoms with E-state index >= 15 is 0 Å². The molecule has 0 unspecified atom stereocenters. The quantitative estimate of drug-likeness (QED) is 0.560. The normalized spacial score (nSPS) is 10.9. The van der Waals surface area contributed by atoms with Crippen LogP contribution in [0.1, 0.15) is 41.5 Å². The Balaban J connectivity index is 1.94. The number of carboxylic acid groups (broad SMARTS) is 1. The maximum Gasteiger partial charge on any atom is 0.335 e. The standard InChI is InChI=1S/C22H23ClN2O2/c1-2-3-11-21-24-15-20(17-8-6-9-18(14-17)22(26)27)25(21)13-12-16-7-4-5-10-19(16)23/h4-10,14-15H,2-3,11-13H2,1H3,(H,26,27). The lowest BCUT2D eigenvalue weighted by Gasteiger charge is -2.13. The molecule has 4 nitrogen and oxygen atoms in total. The summed E-state index contributed by atoms with van der Waals surface area (Å²) in [4.78, 5) is 15.9. The van der Waals surface area contributed by atoms with Crippen molar-refractivity contribution < 1.29 is 9.90 Å². The van der Waals surface area contributed by atoms with Gasteiger partial charge < -0.3 is 9.67 Å². The Kier molecular flexibility index (Phi) is 6.30. The van der Waals surface area contributed by atoms with Gasteiger partial charge in [-0.25, -0.2) is 9.78 Å². The molecule has 3 aromatic rings. The molecule has 1 aromatic heterocycles. The third-order valence-corrected chi connectivity index (χ3v) is 5.03. The van der Waals surface area contributed by atoms with Gasteiger partial charge in [0.1, 0.15) is 5.82 Å². The van der Waals surface area contributed by atoms with Crippen LogP contribution >= 0.6 is 11.6 Å². The van der Waals surface area contributed by atoms with Gasteiger partial charge in [0, 0.05) is 23.6 Å². The molecule has 0 saturated carbocycles. The Morgan fingerprint density at radius 1 is 1.15 bits per heavy atom. The van der Waals surface area contributed by atoms with E-state index in [2.05, 4.69) is 16.5 Å². The van der Waals surface area contributed by atoms with Crippen molar-refractivity contribution in [2.45, 2.75) is 39.2 Å². The lowest BCUT2D eigenvalue weighted by atomic mass is 10.1. The summed E-state index contributed by atoms with van der Waals surface area (Å²) in [6.45, 7) is 2.91. The van der Waals surface area contributed by atoms with Crippen molar-refractivity contribution in [3.8, 4) is 11.3 Å². The van der Waals surface area contributed by atoms with Crippen LogP contribution < -0.4 is 0 Å². The van der Waals surface area contributed by atoms with Crippen LogP contribution in [0.25, 0.3) is 11.3 Å². The summed E-state index contributed by atoms with van der Waals surface area (Å²) >= 11 is 6.31. The highest BCUT2D eigenvalue weighted by atomic mass is 35.5. The van der Waals surface area contributed by atoms with Crippen molar-refractivity contribution >= 4 is 17.6 Å². The lowest BCUT2D eigenvalue weighted by Crippen LogP contribution is -2.09. The molecule has 2 aromatic carbocycles. The van der Waals surface area contributed by atoms with Gasteiger partial charge >= 0.3 is 5.97 Å². The van der Waals surface area contributed by atoms with Crippen molar-refractivity contribution in [1.29, 1.82) is 0 Å². The Labute approximate surface area is 164 Å². The first kappa shape index (κ1) is 19.2. The highest BCUT2D eigenvalue weighted by molar-refractivity contribution is 6.31. The van der Waals surface area contributed by atoms with Gasteiger partial charge in [-0.05, 0) is 36.6 Å². The van der Waals surface area contributed by atoms with Crippen LogP contribution in [0.15, 0.2) is 54.7 Å². The average Bonchev–Trinajstić information content (AvgIpc) is 3.08. The number of hydrogen-bond acceptors (Lipinski definition) is 2. The van der Waals surface area contributed by atoms with Gasteiger partial charge in [-0.1, -0.05) is 55.3 Å². The summed E-state index contributed by atoms with van der Waals surface area (Å²) in [6, 6.07) is 14.9. The van der Waals surface area contributed by atoms with E-state index in [1.807, 2.05) is 36.5 Å². The number of unbranched alkanes of at least 4 members (excludes halogenated alkanes) is 1. The van der Waals surface area contributed by atoms with Gasteiger partial charge in [0.25, 0.3) is 0 Å². The predicted molar refractivity (Wildman–Crippen MR) is 108 cm³/mol. The van der Waals surface area contributed by atoms with Crippen LogP contribution in [-0.4, -0.2) is 20.6 Å². The highest BCUT2D eigenvalue weighted by Gasteiger charge is 2.14. The minimum Gasteiger partial charge on any atom is -0.478 e. The van der Waals surface area contributed by atoms with Gasteiger partial charge in [-0.2, -0.15) is 0 Å². The van der Waals surface area contributed by atoms with E-state index in [1.165, 1.54) is 0 Å². The fourth-order valence-electron chi connectivity index (χ4n) is 3.17. The molecule has 0 aliphatic carbocycles. The number of imidazole rings is 1. The molecule has 5 heteroatoms. The number of carboxylic acids is 1. The number of aryl methyl sites for hydroxylation is 2. The molecule has 0 fully saturated rings. The number of hydrogen-bond donors (Lipinski definition) is 1. The minimum absolute atomic E-state index is 0.279. The highest BCUT2D eigenvalue weighted by Crippen LogP contribution is 2.24. The van der Waals surface area contributed by atoms with Crippen LogP contribution in [-0.2, 0) is 19.4 Å². The van der Waals surface area contributed by atoms with Crippen LogP contribution in [0.2, 0.25) is 5.02 Å². The van der Waals surface area contributed by atoms with Gasteiger partial charge in [0.2, 0.25) is 0 Å². The maximum atomic E-state index is 11.3. The third kappa shape index (κ3) is 4.58. The number of carbonyl (C=O) groups is 1. The molecule has 0 amide bonds. The van der Waals surface area contributed by atoms with E-state index in [-0.39, 0.29) is 5.56 Å². The van der Waals surface area contributed by atoms with Gasteiger partial charge in [-0.15, -0.1) is 0 Å². The predicted octanol–water partition coefficient (Wildman–Crippen LogP) is 5.49. The summed E-state index contributed by atoms with van der Waals surface area (Å²) in [5.74, 6) is 0.102. The SMILES string of the molecule is CCCCc1ncc(-c2cccc(C(=O)O)c2)n1CCc1ccccc1Cl. The molecule has 0 radical (unpaired) electrons. The Morgan fingerprint density at radius 3 is 2.70 bits per heavy atom. The van der Waals surface area contributed by atoms with E-state index in [9.17, 15) is 9.90 Å². The molecular weight excluding hydrogens is 360 g/mol. The third-order valence-electron chi connectivity index (χ3n) is 4.66. The Morgan fingerprint density at radius 2 is 1.96 bits per heavy atom. The molecule has 0 atom stereocenters. The molecule has 0 bridgehead atoms. The summed E-state index contributed by atoms with van der Waals surface area (Å²) in [6.07, 6.45) is 5.70. The Bertz CT molecular complexity index is 934. The molecule has 0 aliphatic rings. The van der Waals surface area contributed by atoms with Crippen molar-refractivity contribution in [1.82, 2.24) is 9.55 Å². The van der Waals surface area contributed by atoms with Crippen LogP contribution in [0.3, 0.4) is 0 Å². The molecular formula is C22H23ClN2O2. The zero-order valence-electron chi connectivity index (χ0n) is 15.4. The van der Waals surface area contributed by atoms with Gasteiger partial charge in [0.15, 0.2) is 0 Å². The fourth-order valence-corrected chi connectivity index (χ4v) is 3.40. The topological polar surface area (TPSA) is 55.1 Å². The molecule has 140 valence electrons. The smallest absolute Gasteiger partial charge is 0.335 e. The lowest BCUT2D eigenvalue weighted by molar-refractivity contribution is 0.0697. The molecule has 0 saturated heterocycles. The fraction of sp³-hybridized carbons (Fsp3) is 0.273. The first-order chi connectivity index (χ1) is 13.1. The van der Waals surface area contributed by atoms with E-state index < -0.39 is 5.97 Å². The van der Waals surface area contributed by atoms with E-state index in [1.54, 1.807) is 18.2 Å². The summed E-state index contributed by atoms with van der Waals surface area (Å²) in [5.41, 5.74) is 3.18. The molecule has 1 heterocycles. The number of benzene rings is 2. The second-order valence-corrected chi connectivity index (χ2v) is 6.95. The van der Waals surface area contributed by atoms with Gasteiger partial charge in [0.05, 0.1) is 17.5 Å². The molecule has 0 spiro atoms. The zero-order valence-corrected chi connectivity index (χ0v) is 16.1. The van der Waals surface area contributed by atoms with E-state index in [0.717, 1.165) is 59.9 Å². The summed E-state index contributed by atoms with van der Waals surface area (Å²) in [7, 11) is 0. The molecule has 3 rings (SSSR count). The van der Waals surface area contributed by atoms with Crippen molar-refractivity contribution in [3.05, 3.63) is 76.7 Å². The van der Waals surface area contributed by atoms with Crippen molar-refractivity contribution in [2.75, 3.05) is 0 Å². The maximum absolute atomic E-state index is 11.3. The van der Waals surface area contributed by atoms with Crippen LogP contribution in [0.5, 0.6) is 0 Å². The van der Waals surface area contributed by atoms with Crippen LogP contribution in [0, 0.1) is 0 Å². The number of aromatic carboxylic acids is 1. The minimum atomic E-state index is -0.926. The monoisotopic (exact) mass is 382 g/mol. The van der Waals surface area contributed by atoms with E-state index in [4.69, 9.17) is 11.6 Å². The number of rotatable bonds is 8. The average molecular weight is 383 g/mol. The summed E-state index contributed by atoms with van der Waals surface area (Å²) in [5, 5.41) is 10.1. The molecule has 27 heavy (non-hydrogen) atoms. The van der Waals surface area contributed by atoms with Crippen LogP contribution in [0.4, 0.5) is 0 Å². The number of halogens is 1. The second kappa shape index (κ2) is 8.87. The van der Waals surface area contributed by atoms with E-state index in [0.29, 0.717) is 0 Å². The number of aromatic nitrogens is 2. The molecule has 1 N–H and O–H groups in total. The first-order valence-electron chi connectivity index (χ1n) is 9.21. The second-order valence-electron chi connectivity index (χ2n) is 6.54. The molecule has 0 aliphatic heterocycles. The van der Waals surface area contributed by atoms with Crippen molar-refractivity contribution in [2.24, 2.45) is 0 Å². The summed E-state index contributed by atoms with van der Waals surface area (Å²) < 4.78 is 2.19. The van der Waals surface area contributed by atoms with Crippen molar-refractivity contribution in [3.63, 3.8) is 0 Å². The Hall–Kier alpha value is -2.59. The largest absolute Gasteiger partial charge is 0.478 e.